The predicted octanol–water partition coefficient (Wildman–Crippen LogP) is 4.08. The number of halogens is 1. The second-order valence-corrected chi connectivity index (χ2v) is 6.15. The van der Waals surface area contributed by atoms with Crippen molar-refractivity contribution in [3.05, 3.63) is 76.3 Å². The van der Waals surface area contributed by atoms with Crippen molar-refractivity contribution in [3.63, 3.8) is 0 Å². The zero-order chi connectivity index (χ0) is 16.2. The molecule has 2 aromatic rings. The molecule has 0 saturated heterocycles. The molecule has 1 N–H and O–H groups in total. The molecule has 0 radical (unpaired) electrons. The molecule has 1 aliphatic heterocycles. The van der Waals surface area contributed by atoms with E-state index in [0.717, 1.165) is 24.2 Å². The third-order valence-corrected chi connectivity index (χ3v) is 4.38. The molecule has 1 heterocycles. The number of rotatable bonds is 4. The van der Waals surface area contributed by atoms with Gasteiger partial charge in [-0.25, -0.2) is 4.79 Å². The Balaban J connectivity index is 1.86. The lowest BCUT2D eigenvalue weighted by Gasteiger charge is -2.30. The average Bonchev–Trinajstić information content (AvgIpc) is 2.56. The summed E-state index contributed by atoms with van der Waals surface area (Å²) in [4.78, 5) is 13.9. The van der Waals surface area contributed by atoms with Gasteiger partial charge in [0.2, 0.25) is 0 Å². The van der Waals surface area contributed by atoms with Gasteiger partial charge < -0.3 is 5.11 Å². The van der Waals surface area contributed by atoms with Crippen molar-refractivity contribution in [2.75, 3.05) is 13.1 Å². The zero-order valence-corrected chi connectivity index (χ0v) is 13.5. The van der Waals surface area contributed by atoms with E-state index in [2.05, 4.69) is 17.0 Å². The van der Waals surface area contributed by atoms with Crippen LogP contribution in [0.15, 0.2) is 60.2 Å². The standard InChI is InChI=1S/C19H18ClNO2/c20-16-8-6-15(7-9-16)18-13-21(11-10-17(18)19(22)23)12-14-4-2-1-3-5-14/h1-9H,10-13H2,(H,22,23). The minimum atomic E-state index is -0.825. The molecule has 0 fully saturated rings. The molecule has 0 spiro atoms. The summed E-state index contributed by atoms with van der Waals surface area (Å²) in [5.74, 6) is -0.825. The van der Waals surface area contributed by atoms with E-state index in [1.165, 1.54) is 5.56 Å². The Morgan fingerprint density at radius 1 is 1.09 bits per heavy atom. The lowest BCUT2D eigenvalue weighted by molar-refractivity contribution is -0.132. The second-order valence-electron chi connectivity index (χ2n) is 5.72. The number of hydrogen-bond acceptors (Lipinski definition) is 2. The zero-order valence-electron chi connectivity index (χ0n) is 12.7. The maximum atomic E-state index is 11.6. The Labute approximate surface area is 140 Å². The summed E-state index contributed by atoms with van der Waals surface area (Å²) in [6, 6.07) is 17.6. The van der Waals surface area contributed by atoms with E-state index in [4.69, 9.17) is 11.6 Å². The summed E-state index contributed by atoms with van der Waals surface area (Å²) >= 11 is 5.94. The molecule has 0 unspecified atom stereocenters. The first-order valence-electron chi connectivity index (χ1n) is 7.61. The van der Waals surface area contributed by atoms with Crippen LogP contribution >= 0.6 is 11.6 Å². The summed E-state index contributed by atoms with van der Waals surface area (Å²) < 4.78 is 0. The quantitative estimate of drug-likeness (QED) is 0.919. The Kier molecular flexibility index (Phi) is 4.79. The van der Waals surface area contributed by atoms with Gasteiger partial charge in [0.1, 0.15) is 0 Å². The van der Waals surface area contributed by atoms with Crippen LogP contribution in [0.4, 0.5) is 0 Å². The molecular weight excluding hydrogens is 310 g/mol. The van der Waals surface area contributed by atoms with E-state index < -0.39 is 5.97 Å². The van der Waals surface area contributed by atoms with Crippen LogP contribution in [0.1, 0.15) is 17.5 Å². The first-order valence-corrected chi connectivity index (χ1v) is 7.99. The molecule has 0 amide bonds. The molecule has 1 aliphatic rings. The molecular formula is C19H18ClNO2. The SMILES string of the molecule is O=C(O)C1=C(c2ccc(Cl)cc2)CN(Cc2ccccc2)CC1. The maximum absolute atomic E-state index is 11.6. The Morgan fingerprint density at radius 3 is 2.43 bits per heavy atom. The molecule has 0 bridgehead atoms. The van der Waals surface area contributed by atoms with E-state index in [0.29, 0.717) is 23.6 Å². The molecule has 0 saturated carbocycles. The van der Waals surface area contributed by atoms with Gasteiger partial charge >= 0.3 is 5.97 Å². The highest BCUT2D eigenvalue weighted by atomic mass is 35.5. The molecule has 3 rings (SSSR count). The Morgan fingerprint density at radius 2 is 1.78 bits per heavy atom. The fraction of sp³-hybridized carbons (Fsp3) is 0.211. The van der Waals surface area contributed by atoms with E-state index in [1.54, 1.807) is 12.1 Å². The van der Waals surface area contributed by atoms with Crippen molar-refractivity contribution >= 4 is 23.1 Å². The fourth-order valence-electron chi connectivity index (χ4n) is 2.95. The van der Waals surface area contributed by atoms with Gasteiger partial charge in [-0.15, -0.1) is 0 Å². The number of carboxylic acid groups (broad SMARTS) is 1. The fourth-order valence-corrected chi connectivity index (χ4v) is 3.07. The van der Waals surface area contributed by atoms with Crippen molar-refractivity contribution in [2.24, 2.45) is 0 Å². The molecule has 118 valence electrons. The van der Waals surface area contributed by atoms with Gasteiger partial charge in [-0.2, -0.15) is 0 Å². The van der Waals surface area contributed by atoms with Crippen molar-refractivity contribution in [3.8, 4) is 0 Å². The summed E-state index contributed by atoms with van der Waals surface area (Å²) in [5, 5.41) is 10.2. The number of carboxylic acids is 1. The lowest BCUT2D eigenvalue weighted by Crippen LogP contribution is -2.32. The largest absolute Gasteiger partial charge is 0.478 e. The highest BCUT2D eigenvalue weighted by molar-refractivity contribution is 6.30. The molecule has 23 heavy (non-hydrogen) atoms. The molecule has 3 nitrogen and oxygen atoms in total. The van der Waals surface area contributed by atoms with Crippen LogP contribution in [0.25, 0.3) is 5.57 Å². The van der Waals surface area contributed by atoms with Crippen LogP contribution < -0.4 is 0 Å². The normalized spacial score (nSPS) is 15.7. The van der Waals surface area contributed by atoms with Crippen molar-refractivity contribution in [1.29, 1.82) is 0 Å². The molecule has 0 aliphatic carbocycles. The van der Waals surface area contributed by atoms with Gasteiger partial charge in [0.15, 0.2) is 0 Å². The number of carbonyl (C=O) groups is 1. The van der Waals surface area contributed by atoms with Gasteiger partial charge in [-0.1, -0.05) is 54.1 Å². The summed E-state index contributed by atoms with van der Waals surface area (Å²) in [7, 11) is 0. The number of hydrogen-bond donors (Lipinski definition) is 1. The van der Waals surface area contributed by atoms with Crippen LogP contribution in [0, 0.1) is 0 Å². The number of benzene rings is 2. The monoisotopic (exact) mass is 327 g/mol. The van der Waals surface area contributed by atoms with E-state index in [9.17, 15) is 9.90 Å². The minimum Gasteiger partial charge on any atom is -0.478 e. The van der Waals surface area contributed by atoms with Crippen LogP contribution in [0.5, 0.6) is 0 Å². The Bertz CT molecular complexity index is 723. The third kappa shape index (κ3) is 3.81. The highest BCUT2D eigenvalue weighted by Gasteiger charge is 2.24. The lowest BCUT2D eigenvalue weighted by atomic mass is 9.93. The molecule has 4 heteroatoms. The van der Waals surface area contributed by atoms with E-state index >= 15 is 0 Å². The van der Waals surface area contributed by atoms with Gasteiger partial charge in [-0.05, 0) is 35.3 Å². The third-order valence-electron chi connectivity index (χ3n) is 4.12. The first kappa shape index (κ1) is 15.8. The van der Waals surface area contributed by atoms with Gasteiger partial charge in [-0.3, -0.25) is 4.90 Å². The first-order chi connectivity index (χ1) is 11.1. The second kappa shape index (κ2) is 6.99. The summed E-state index contributed by atoms with van der Waals surface area (Å²) in [6.07, 6.45) is 0.556. The van der Waals surface area contributed by atoms with Gasteiger partial charge in [0.05, 0.1) is 0 Å². The minimum absolute atomic E-state index is 0.511. The topological polar surface area (TPSA) is 40.5 Å². The van der Waals surface area contributed by atoms with E-state index in [1.807, 2.05) is 30.3 Å². The van der Waals surface area contributed by atoms with Gasteiger partial charge in [0.25, 0.3) is 0 Å². The molecule has 0 aromatic heterocycles. The molecule has 2 aromatic carbocycles. The maximum Gasteiger partial charge on any atom is 0.331 e. The van der Waals surface area contributed by atoms with Gasteiger partial charge in [0, 0.05) is 30.2 Å². The average molecular weight is 328 g/mol. The van der Waals surface area contributed by atoms with Crippen molar-refractivity contribution in [2.45, 2.75) is 13.0 Å². The summed E-state index contributed by atoms with van der Waals surface area (Å²) in [6.45, 7) is 2.22. The Hall–Kier alpha value is -2.10. The highest BCUT2D eigenvalue weighted by Crippen LogP contribution is 2.28. The van der Waals surface area contributed by atoms with Crippen molar-refractivity contribution in [1.82, 2.24) is 4.90 Å². The number of aliphatic carboxylic acids is 1. The van der Waals surface area contributed by atoms with Crippen LogP contribution in [-0.2, 0) is 11.3 Å². The van der Waals surface area contributed by atoms with E-state index in [-0.39, 0.29) is 0 Å². The van der Waals surface area contributed by atoms with Crippen LogP contribution in [0.2, 0.25) is 5.02 Å². The number of nitrogens with zero attached hydrogens (tertiary/aromatic N) is 1. The van der Waals surface area contributed by atoms with Crippen LogP contribution in [0.3, 0.4) is 0 Å². The predicted molar refractivity (Wildman–Crippen MR) is 92.3 cm³/mol. The van der Waals surface area contributed by atoms with Crippen LogP contribution in [-0.4, -0.2) is 29.1 Å². The molecule has 0 atom stereocenters. The smallest absolute Gasteiger partial charge is 0.331 e. The van der Waals surface area contributed by atoms with Crippen molar-refractivity contribution < 1.29 is 9.90 Å². The summed E-state index contributed by atoms with van der Waals surface area (Å²) in [5.41, 5.74) is 3.57.